The molecule has 0 bridgehead atoms. The Labute approximate surface area is 556 Å². The van der Waals surface area contributed by atoms with Gasteiger partial charge < -0.3 is 33.8 Å². The molecule has 0 fully saturated rings. The van der Waals surface area contributed by atoms with Crippen LogP contribution in [0.5, 0.6) is 0 Å². The van der Waals surface area contributed by atoms with Crippen molar-refractivity contribution in [3.8, 4) is 0 Å². The van der Waals surface area contributed by atoms with Crippen molar-refractivity contribution in [3.63, 3.8) is 0 Å². The van der Waals surface area contributed by atoms with Crippen molar-refractivity contribution in [2.24, 2.45) is 23.7 Å². The molecule has 0 saturated carbocycles. The minimum atomic E-state index is -4.95. The number of aliphatic hydroxyl groups excluding tert-OH is 1. The fourth-order valence-corrected chi connectivity index (χ4v) is 12.4. The van der Waals surface area contributed by atoms with Gasteiger partial charge in [-0.15, -0.1) is 0 Å². The SMILES string of the molecule is CCC(C)CCCCCCCCCCC(=O)O[C@H](COC(=O)CCCCCCCCCCCC(C)C)COP(=O)(O)OCC(O)COP(=O)(O)OC[C@@H](COC(=O)CCCCCCCCC(C)C)OC(=O)CCCCCCCCCCCCCCCCCC(C)C. The Bertz CT molecular complexity index is 1800. The molecule has 0 rings (SSSR count). The Morgan fingerprint density at radius 3 is 0.780 bits per heavy atom. The van der Waals surface area contributed by atoms with Crippen LogP contribution in [0.15, 0.2) is 0 Å². The molecule has 0 aliphatic heterocycles. The zero-order valence-corrected chi connectivity index (χ0v) is 61.3. The molecule has 6 atom stereocenters. The highest BCUT2D eigenvalue weighted by atomic mass is 31.2. The topological polar surface area (TPSA) is 237 Å². The fraction of sp³-hybridized carbons (Fsp3) is 0.944. The van der Waals surface area contributed by atoms with Gasteiger partial charge in [-0.25, -0.2) is 9.13 Å². The number of phosphoric acid groups is 2. The molecular weight excluding hydrogens is 1200 g/mol. The van der Waals surface area contributed by atoms with E-state index in [1.807, 2.05) is 0 Å². The Balaban J connectivity index is 5.22. The molecule has 0 spiro atoms. The van der Waals surface area contributed by atoms with Gasteiger partial charge in [0.15, 0.2) is 12.2 Å². The van der Waals surface area contributed by atoms with E-state index in [1.165, 1.54) is 154 Å². The third-order valence-corrected chi connectivity index (χ3v) is 18.8. The number of rotatable bonds is 69. The predicted octanol–water partition coefficient (Wildman–Crippen LogP) is 20.5. The van der Waals surface area contributed by atoms with Crippen molar-refractivity contribution in [2.45, 2.75) is 375 Å². The molecule has 17 nitrogen and oxygen atoms in total. The molecule has 0 aromatic carbocycles. The summed E-state index contributed by atoms with van der Waals surface area (Å²) >= 11 is 0. The third-order valence-electron chi connectivity index (χ3n) is 16.9. The number of ether oxygens (including phenoxy) is 4. The summed E-state index contributed by atoms with van der Waals surface area (Å²) in [5, 5.41) is 10.6. The van der Waals surface area contributed by atoms with Crippen LogP contribution in [-0.2, 0) is 65.4 Å². The van der Waals surface area contributed by atoms with E-state index in [1.54, 1.807) is 0 Å². The zero-order valence-electron chi connectivity index (χ0n) is 59.5. The Morgan fingerprint density at radius 1 is 0.308 bits per heavy atom. The standard InChI is InChI=1S/C72H140O17P2/c1-9-65(8)51-43-35-26-22-23-29-39-47-55-72(77)89-67(58-82-69(74)52-44-36-27-21-17-19-25-33-41-49-63(4)5)60-86-90(78,79)84-56-66(73)57-85-91(80,81)87-61-68(59-83-70(75)53-45-37-31-30-34-42-50-64(6)7)88-71(76)54-46-38-28-20-16-14-12-10-11-13-15-18-24-32-40-48-62(2)3/h62-68,73H,9-61H2,1-8H3,(H,78,79)(H,80,81)/t65?,66?,67-,68-/m1/s1. The molecule has 0 saturated heterocycles. The van der Waals surface area contributed by atoms with Crippen molar-refractivity contribution < 1.29 is 80.2 Å². The van der Waals surface area contributed by atoms with Gasteiger partial charge in [0.05, 0.1) is 26.4 Å². The third kappa shape index (κ3) is 65.1. The number of carbonyl (C=O) groups is 4. The minimum absolute atomic E-state index is 0.104. The van der Waals surface area contributed by atoms with Crippen LogP contribution >= 0.6 is 15.6 Å². The molecule has 0 aromatic rings. The Morgan fingerprint density at radius 2 is 0.527 bits per heavy atom. The molecule has 19 heteroatoms. The Hall–Kier alpha value is -1.94. The summed E-state index contributed by atoms with van der Waals surface area (Å²) < 4.78 is 68.3. The van der Waals surface area contributed by atoms with Gasteiger partial charge in [-0.3, -0.25) is 37.3 Å². The number of carbonyl (C=O) groups excluding carboxylic acids is 4. The average Bonchev–Trinajstić information content (AvgIpc) is 3.70. The molecule has 4 unspecified atom stereocenters. The highest BCUT2D eigenvalue weighted by Crippen LogP contribution is 2.45. The van der Waals surface area contributed by atoms with Gasteiger partial charge in [0, 0.05) is 25.7 Å². The second-order valence-corrected chi connectivity index (χ2v) is 30.6. The van der Waals surface area contributed by atoms with E-state index in [4.69, 9.17) is 37.0 Å². The second kappa shape index (κ2) is 61.6. The van der Waals surface area contributed by atoms with Crippen LogP contribution in [0.2, 0.25) is 0 Å². The van der Waals surface area contributed by atoms with E-state index in [9.17, 15) is 43.2 Å². The van der Waals surface area contributed by atoms with E-state index in [2.05, 4.69) is 55.4 Å². The maximum absolute atomic E-state index is 13.0. The molecule has 0 amide bonds. The lowest BCUT2D eigenvalue weighted by Crippen LogP contribution is -2.30. The lowest BCUT2D eigenvalue weighted by molar-refractivity contribution is -0.161. The zero-order chi connectivity index (χ0) is 67.5. The highest BCUT2D eigenvalue weighted by molar-refractivity contribution is 7.47. The minimum Gasteiger partial charge on any atom is -0.462 e. The van der Waals surface area contributed by atoms with Gasteiger partial charge in [-0.2, -0.15) is 0 Å². The number of hydrogen-bond donors (Lipinski definition) is 3. The van der Waals surface area contributed by atoms with Gasteiger partial charge >= 0.3 is 39.5 Å². The summed E-state index contributed by atoms with van der Waals surface area (Å²) in [7, 11) is -9.91. The summed E-state index contributed by atoms with van der Waals surface area (Å²) in [5.74, 6) is 0.866. The Kier molecular flexibility index (Phi) is 60.3. The first-order chi connectivity index (χ1) is 43.6. The van der Waals surface area contributed by atoms with Crippen LogP contribution in [0.1, 0.15) is 357 Å². The van der Waals surface area contributed by atoms with Crippen molar-refractivity contribution in [3.05, 3.63) is 0 Å². The van der Waals surface area contributed by atoms with Crippen LogP contribution < -0.4 is 0 Å². The van der Waals surface area contributed by atoms with Crippen LogP contribution in [-0.4, -0.2) is 96.7 Å². The summed E-state index contributed by atoms with van der Waals surface area (Å²) in [4.78, 5) is 72.6. The maximum atomic E-state index is 13.0. The average molecular weight is 1340 g/mol. The number of unbranched alkanes of at least 4 members (excludes halogenated alkanes) is 34. The molecule has 0 heterocycles. The van der Waals surface area contributed by atoms with Gasteiger partial charge in [0.1, 0.15) is 19.3 Å². The van der Waals surface area contributed by atoms with Crippen LogP contribution in [0.3, 0.4) is 0 Å². The lowest BCUT2D eigenvalue weighted by atomic mass is 9.99. The van der Waals surface area contributed by atoms with Gasteiger partial charge in [-0.05, 0) is 49.4 Å². The van der Waals surface area contributed by atoms with Crippen LogP contribution in [0.25, 0.3) is 0 Å². The fourth-order valence-electron chi connectivity index (χ4n) is 10.8. The smallest absolute Gasteiger partial charge is 0.462 e. The van der Waals surface area contributed by atoms with Gasteiger partial charge in [0.2, 0.25) is 0 Å². The molecule has 0 aliphatic rings. The molecule has 0 radical (unpaired) electrons. The quantitative estimate of drug-likeness (QED) is 0.0222. The largest absolute Gasteiger partial charge is 0.472 e. The number of hydrogen-bond acceptors (Lipinski definition) is 15. The predicted molar refractivity (Wildman–Crippen MR) is 367 cm³/mol. The summed E-state index contributed by atoms with van der Waals surface area (Å²) in [6, 6.07) is 0. The number of phosphoric ester groups is 2. The molecule has 3 N–H and O–H groups in total. The number of esters is 4. The first-order valence-electron chi connectivity index (χ1n) is 37.2. The van der Waals surface area contributed by atoms with Crippen LogP contribution in [0.4, 0.5) is 0 Å². The van der Waals surface area contributed by atoms with Crippen molar-refractivity contribution in [1.82, 2.24) is 0 Å². The molecule has 0 aliphatic carbocycles. The second-order valence-electron chi connectivity index (χ2n) is 27.6. The monoisotopic (exact) mass is 1340 g/mol. The molecule has 91 heavy (non-hydrogen) atoms. The first-order valence-corrected chi connectivity index (χ1v) is 40.2. The normalized spacial score (nSPS) is 14.5. The van der Waals surface area contributed by atoms with E-state index in [0.717, 1.165) is 114 Å². The van der Waals surface area contributed by atoms with E-state index in [-0.39, 0.29) is 25.7 Å². The van der Waals surface area contributed by atoms with E-state index >= 15 is 0 Å². The van der Waals surface area contributed by atoms with E-state index < -0.39 is 97.5 Å². The molecule has 540 valence electrons. The van der Waals surface area contributed by atoms with Gasteiger partial charge in [0.25, 0.3) is 0 Å². The van der Waals surface area contributed by atoms with Crippen molar-refractivity contribution in [2.75, 3.05) is 39.6 Å². The highest BCUT2D eigenvalue weighted by Gasteiger charge is 2.30. The molecule has 0 aromatic heterocycles. The van der Waals surface area contributed by atoms with Crippen molar-refractivity contribution >= 4 is 39.5 Å². The first kappa shape index (κ1) is 89.1. The summed E-state index contributed by atoms with van der Waals surface area (Å²) in [5.41, 5.74) is 0. The van der Waals surface area contributed by atoms with Crippen molar-refractivity contribution in [1.29, 1.82) is 0 Å². The lowest BCUT2D eigenvalue weighted by Gasteiger charge is -2.21. The summed E-state index contributed by atoms with van der Waals surface area (Å²) in [6.45, 7) is 14.1. The maximum Gasteiger partial charge on any atom is 0.472 e. The number of aliphatic hydroxyl groups is 1. The van der Waals surface area contributed by atoms with E-state index in [0.29, 0.717) is 31.6 Å². The van der Waals surface area contributed by atoms with Crippen LogP contribution in [0, 0.1) is 23.7 Å². The molecular formula is C72H140O17P2. The van der Waals surface area contributed by atoms with Gasteiger partial charge in [-0.1, -0.05) is 306 Å². The summed E-state index contributed by atoms with van der Waals surface area (Å²) in [6.07, 6.45) is 44.6.